The Hall–Kier alpha value is -7.88. The van der Waals surface area contributed by atoms with Crippen LogP contribution in [-0.4, -0.2) is 15.8 Å². The summed E-state index contributed by atoms with van der Waals surface area (Å²) in [5.74, 6) is 1.63. The topological polar surface area (TPSA) is 9.86 Å². The third-order valence-corrected chi connectivity index (χ3v) is 20.4. The Morgan fingerprint density at radius 1 is 0.372 bits per heavy atom. The average Bonchev–Trinajstić information content (AvgIpc) is 4.16. The second kappa shape index (κ2) is 16.6. The molecule has 0 saturated heterocycles. The Balaban J connectivity index is 1.18. The van der Waals surface area contributed by atoms with Crippen molar-refractivity contribution >= 4 is 77.5 Å². The summed E-state index contributed by atoms with van der Waals surface area (Å²) >= 11 is 0. The lowest BCUT2D eigenvalue weighted by molar-refractivity contribution is 0.717. The van der Waals surface area contributed by atoms with Crippen LogP contribution in [0.15, 0.2) is 176 Å². The van der Waals surface area contributed by atoms with Gasteiger partial charge >= 0.3 is 0 Å². The van der Waals surface area contributed by atoms with Crippen LogP contribution >= 0.6 is 0 Å². The Morgan fingerprint density at radius 3 is 1.58 bits per heavy atom. The molecule has 16 rings (SSSR count). The summed E-state index contributed by atoms with van der Waals surface area (Å²) in [6.07, 6.45) is 4.34. The van der Waals surface area contributed by atoms with E-state index < -0.39 is 5.41 Å². The third kappa shape index (κ3) is 5.80. The van der Waals surface area contributed by atoms with Crippen LogP contribution in [0.3, 0.4) is 0 Å². The molecule has 4 atom stereocenters. The number of fused-ring (bicyclic) bond motifs is 15. The van der Waals surface area contributed by atoms with Gasteiger partial charge in [-0.1, -0.05) is 189 Å². The van der Waals surface area contributed by atoms with Gasteiger partial charge in [-0.2, -0.15) is 0 Å². The minimum atomic E-state index is -0.608. The molecule has 0 bridgehead atoms. The van der Waals surface area contributed by atoms with Crippen LogP contribution in [0.1, 0.15) is 149 Å². The lowest BCUT2D eigenvalue weighted by Gasteiger charge is -2.45. The zero-order chi connectivity index (χ0) is 52.6. The largest absolute Gasteiger partial charge is 0.310 e. The van der Waals surface area contributed by atoms with Gasteiger partial charge in [0.15, 0.2) is 0 Å². The minimum absolute atomic E-state index is 0.0199. The molecule has 378 valence electrons. The molecule has 0 fully saturated rings. The van der Waals surface area contributed by atoms with E-state index in [9.17, 15) is 0 Å². The van der Waals surface area contributed by atoms with E-state index >= 15 is 0 Å². The molecule has 5 heterocycles. The summed E-state index contributed by atoms with van der Waals surface area (Å²) in [7, 11) is 0. The smallest absolute Gasteiger partial charge is 0.252 e. The van der Waals surface area contributed by atoms with Gasteiger partial charge in [0.1, 0.15) is 0 Å². The summed E-state index contributed by atoms with van der Waals surface area (Å²) in [5, 5.41) is 8.10. The van der Waals surface area contributed by atoms with E-state index in [0.717, 1.165) is 25.7 Å². The molecule has 10 aromatic carbocycles. The van der Waals surface area contributed by atoms with Gasteiger partial charge in [-0.05, 0) is 191 Å². The predicted octanol–water partition coefficient (Wildman–Crippen LogP) is 18.2. The van der Waals surface area contributed by atoms with E-state index in [0.29, 0.717) is 23.7 Å². The maximum atomic E-state index is 2.84. The van der Waals surface area contributed by atoms with Gasteiger partial charge in [-0.15, -0.1) is 0 Å². The zero-order valence-corrected chi connectivity index (χ0v) is 46.4. The Labute approximate surface area is 459 Å². The highest BCUT2D eigenvalue weighted by Crippen LogP contribution is 2.63. The van der Waals surface area contributed by atoms with E-state index in [1.807, 2.05) is 0 Å². The van der Waals surface area contributed by atoms with Crippen molar-refractivity contribution in [2.45, 2.75) is 110 Å². The molecule has 0 radical (unpaired) electrons. The molecule has 12 aromatic rings. The fourth-order valence-corrected chi connectivity index (χ4v) is 15.6. The van der Waals surface area contributed by atoms with Crippen LogP contribution in [0, 0.1) is 0 Å². The van der Waals surface area contributed by atoms with Crippen LogP contribution < -0.4 is 16.4 Å². The number of hydrogen-bond donors (Lipinski definition) is 0. The molecule has 78 heavy (non-hydrogen) atoms. The van der Waals surface area contributed by atoms with Gasteiger partial charge in [-0.25, -0.2) is 0 Å². The number of rotatable bonds is 10. The van der Waals surface area contributed by atoms with E-state index in [2.05, 4.69) is 240 Å². The lowest BCUT2D eigenvalue weighted by Crippen LogP contribution is -2.61. The molecular formula is C75H65BN2. The fourth-order valence-electron chi connectivity index (χ4n) is 15.6. The number of nitrogens with zero attached hydrogens (tertiary/aromatic N) is 2. The lowest BCUT2D eigenvalue weighted by atomic mass is 9.33. The SMILES string of the molecule is CCC(C)c1ccc2c(c1)c1cc(C(C)CC)cc3c1n2-c1c(-c2cccc4cc(-c5ccccc5)ccc24)cc2c4c1B3c1cc(C(C)CC)cc3c5cc(C(C)CC)cc(c5n-4c13)C21c2ccccc2-c2ccccc21. The maximum Gasteiger partial charge on any atom is 0.252 e. The molecule has 2 aromatic heterocycles. The maximum absolute atomic E-state index is 2.84. The number of aromatic nitrogens is 2. The monoisotopic (exact) mass is 1000 g/mol. The van der Waals surface area contributed by atoms with E-state index in [1.165, 1.54) is 160 Å². The molecule has 4 aliphatic rings. The van der Waals surface area contributed by atoms with Crippen LogP contribution in [0.4, 0.5) is 0 Å². The molecule has 3 aliphatic heterocycles. The molecule has 0 saturated carbocycles. The summed E-state index contributed by atoms with van der Waals surface area (Å²) in [4.78, 5) is 0. The van der Waals surface area contributed by atoms with Crippen LogP contribution in [0.2, 0.25) is 0 Å². The predicted molar refractivity (Wildman–Crippen MR) is 334 cm³/mol. The second-order valence-electron chi connectivity index (χ2n) is 24.1. The van der Waals surface area contributed by atoms with Crippen molar-refractivity contribution in [2.24, 2.45) is 0 Å². The summed E-state index contributed by atoms with van der Waals surface area (Å²) in [6, 6.07) is 70.4. The number of hydrogen-bond acceptors (Lipinski definition) is 0. The first-order valence-corrected chi connectivity index (χ1v) is 29.5. The van der Waals surface area contributed by atoms with Gasteiger partial charge in [0.05, 0.1) is 22.1 Å². The van der Waals surface area contributed by atoms with E-state index in [4.69, 9.17) is 0 Å². The summed E-state index contributed by atoms with van der Waals surface area (Å²) in [6.45, 7) is 19.2. The minimum Gasteiger partial charge on any atom is -0.310 e. The van der Waals surface area contributed by atoms with Crippen LogP contribution in [-0.2, 0) is 5.41 Å². The first-order valence-electron chi connectivity index (χ1n) is 29.5. The molecule has 3 heteroatoms. The van der Waals surface area contributed by atoms with Crippen molar-refractivity contribution in [2.75, 3.05) is 0 Å². The highest BCUT2D eigenvalue weighted by Gasteiger charge is 2.55. The van der Waals surface area contributed by atoms with Crippen LogP contribution in [0.5, 0.6) is 0 Å². The fraction of sp³-hybridized carbons (Fsp3) is 0.227. The highest BCUT2D eigenvalue weighted by atomic mass is 15.1. The zero-order valence-electron chi connectivity index (χ0n) is 46.4. The molecule has 0 amide bonds. The molecule has 4 unspecified atom stereocenters. The van der Waals surface area contributed by atoms with Gasteiger partial charge in [0.2, 0.25) is 0 Å². The Kier molecular flexibility index (Phi) is 9.83. The average molecular weight is 1010 g/mol. The Morgan fingerprint density at radius 2 is 0.923 bits per heavy atom. The van der Waals surface area contributed by atoms with Gasteiger partial charge < -0.3 is 9.13 Å². The van der Waals surface area contributed by atoms with Crippen molar-refractivity contribution in [3.05, 3.63) is 220 Å². The van der Waals surface area contributed by atoms with Crippen molar-refractivity contribution in [3.63, 3.8) is 0 Å². The van der Waals surface area contributed by atoms with E-state index in [-0.39, 0.29) is 6.71 Å². The molecule has 0 N–H and O–H groups in total. The van der Waals surface area contributed by atoms with Crippen molar-refractivity contribution in [3.8, 4) is 44.8 Å². The van der Waals surface area contributed by atoms with Crippen molar-refractivity contribution in [1.82, 2.24) is 9.13 Å². The highest BCUT2D eigenvalue weighted by molar-refractivity contribution is 7.00. The first-order chi connectivity index (χ1) is 38.2. The third-order valence-electron chi connectivity index (χ3n) is 20.4. The molecular weight excluding hydrogens is 940 g/mol. The number of benzene rings is 10. The van der Waals surface area contributed by atoms with Crippen molar-refractivity contribution < 1.29 is 0 Å². The normalized spacial score (nSPS) is 15.5. The van der Waals surface area contributed by atoms with Gasteiger partial charge in [-0.3, -0.25) is 0 Å². The van der Waals surface area contributed by atoms with Gasteiger partial charge in [0, 0.05) is 43.8 Å². The quantitative estimate of drug-likeness (QED) is 0.121. The standard InChI is InChI=1S/C75H65BN2/c1-9-42(5)47-30-32-68-57(34-47)58-36-51(44(7)11-3)39-66-71(58)77(68)73-61(54-26-20-23-49-33-48(29-31-53(49)54)46-21-14-13-15-22-46)41-65-74-69(73)76(66)67-40-52(45(8)12-4)37-60-59-35-50(43(6)10-2)38-64(70(59)78(74)72(60)67)75(65)62-27-18-16-24-55(62)56-25-17-19-28-63(56)75/h13-45H,9-12H2,1-8H3. The second-order valence-corrected chi connectivity index (χ2v) is 24.1. The summed E-state index contributed by atoms with van der Waals surface area (Å²) < 4.78 is 5.62. The molecule has 2 nitrogen and oxygen atoms in total. The van der Waals surface area contributed by atoms with Crippen LogP contribution in [0.25, 0.3) is 99.1 Å². The first kappa shape index (κ1) is 46.2. The van der Waals surface area contributed by atoms with E-state index in [1.54, 1.807) is 0 Å². The summed E-state index contributed by atoms with van der Waals surface area (Å²) in [5.41, 5.74) is 31.0. The van der Waals surface area contributed by atoms with Gasteiger partial charge in [0.25, 0.3) is 6.71 Å². The van der Waals surface area contributed by atoms with Crippen molar-refractivity contribution in [1.29, 1.82) is 0 Å². The molecule has 1 spiro atoms. The molecule has 1 aliphatic carbocycles. The Bertz CT molecular complexity index is 4540.